The normalized spacial score (nSPS) is 14.6. The molecule has 2 unspecified atom stereocenters. The smallest absolute Gasteiger partial charge is 0.366 e. The number of carbonyl (C=O) groups is 2. The Morgan fingerprint density at radius 1 is 0.585 bits per heavy atom. The zero-order chi connectivity index (χ0) is 31.2. The molecule has 0 radical (unpaired) electrons. The molecular weight excluding hydrogens is 537 g/mol. The number of nitrogens with zero attached hydrogens (tertiary/aromatic N) is 1. The third-order valence-corrected chi connectivity index (χ3v) is 9.73. The molecule has 0 aromatic rings. The number of carbonyl (C=O) groups excluding carboxylic acids is 2. The van der Waals surface area contributed by atoms with Crippen LogP contribution in [0.25, 0.3) is 0 Å². The van der Waals surface area contributed by atoms with Crippen LogP contribution in [0.3, 0.4) is 0 Å². The van der Waals surface area contributed by atoms with Gasteiger partial charge >= 0.3 is 7.60 Å². The number of ketones is 2. The topological polar surface area (TPSA) is 112 Å². The van der Waals surface area contributed by atoms with E-state index >= 15 is 0 Å². The van der Waals surface area contributed by atoms with Gasteiger partial charge in [-0.25, -0.2) is 0 Å². The highest BCUT2D eigenvalue weighted by atomic mass is 31.2. The van der Waals surface area contributed by atoms with Gasteiger partial charge in [0.15, 0.2) is 17.6 Å². The van der Waals surface area contributed by atoms with Gasteiger partial charge in [-0.05, 0) is 12.8 Å². The Morgan fingerprint density at radius 3 is 1.17 bits per heavy atom. The largest absolute Gasteiger partial charge is 0.371 e. The molecule has 0 aliphatic heterocycles. The van der Waals surface area contributed by atoms with Crippen LogP contribution in [0.15, 0.2) is 0 Å². The number of hydrogen-bond donors (Lipinski definition) is 3. The molecular formula is C33H67NO6P+. The van der Waals surface area contributed by atoms with Crippen LogP contribution < -0.4 is 0 Å². The van der Waals surface area contributed by atoms with Gasteiger partial charge in [-0.1, -0.05) is 142 Å². The van der Waals surface area contributed by atoms with E-state index in [1.165, 1.54) is 83.5 Å². The number of aliphatic hydroxyl groups is 1. The standard InChI is InChI=1S/C33H66NO6P/c1-6-8-10-12-14-16-18-20-22-24-26-28-30(35)32(34(3,4)5)33(37,41(38,39)40)31(36)29-27-25-23-21-19-17-15-13-11-9-7-2/h32,37H,6-29H2,1-5H3,(H-,38,39,40)/p+1. The molecule has 0 saturated heterocycles. The van der Waals surface area contributed by atoms with Gasteiger partial charge in [0.05, 0.1) is 21.1 Å². The van der Waals surface area contributed by atoms with E-state index in [0.29, 0.717) is 12.8 Å². The maximum Gasteiger partial charge on any atom is 0.371 e. The fraction of sp³-hybridized carbons (Fsp3) is 0.939. The van der Waals surface area contributed by atoms with Crippen LogP contribution in [0.2, 0.25) is 0 Å². The van der Waals surface area contributed by atoms with Crippen molar-refractivity contribution in [2.24, 2.45) is 0 Å². The molecule has 41 heavy (non-hydrogen) atoms. The van der Waals surface area contributed by atoms with E-state index in [-0.39, 0.29) is 17.3 Å². The van der Waals surface area contributed by atoms with Crippen molar-refractivity contribution in [2.75, 3.05) is 21.1 Å². The molecule has 0 aromatic heterocycles. The van der Waals surface area contributed by atoms with Crippen molar-refractivity contribution in [3.8, 4) is 0 Å². The van der Waals surface area contributed by atoms with Crippen LogP contribution in [0.5, 0.6) is 0 Å². The third-order valence-electron chi connectivity index (χ3n) is 8.35. The lowest BCUT2D eigenvalue weighted by atomic mass is 9.92. The predicted molar refractivity (Wildman–Crippen MR) is 171 cm³/mol. The molecule has 0 aliphatic rings. The van der Waals surface area contributed by atoms with Gasteiger partial charge in [0.1, 0.15) is 0 Å². The highest BCUT2D eigenvalue weighted by molar-refractivity contribution is 7.54. The van der Waals surface area contributed by atoms with Gasteiger partial charge in [0, 0.05) is 12.8 Å². The molecule has 0 amide bonds. The Bertz CT molecular complexity index is 732. The lowest BCUT2D eigenvalue weighted by Gasteiger charge is -2.42. The fourth-order valence-corrected chi connectivity index (χ4v) is 7.15. The Balaban J connectivity index is 4.76. The van der Waals surface area contributed by atoms with Gasteiger partial charge < -0.3 is 19.4 Å². The first-order chi connectivity index (χ1) is 19.3. The monoisotopic (exact) mass is 604 g/mol. The molecule has 244 valence electrons. The molecule has 0 rings (SSSR count). The molecule has 0 aromatic carbocycles. The van der Waals surface area contributed by atoms with Crippen molar-refractivity contribution in [3.63, 3.8) is 0 Å². The summed E-state index contributed by atoms with van der Waals surface area (Å²) >= 11 is 0. The first-order valence-corrected chi connectivity index (χ1v) is 18.6. The summed E-state index contributed by atoms with van der Waals surface area (Å²) in [7, 11) is -0.500. The first kappa shape index (κ1) is 40.4. The Hall–Kier alpha value is -0.590. The van der Waals surface area contributed by atoms with Crippen LogP contribution in [0.1, 0.15) is 168 Å². The number of unbranched alkanes of at least 4 members (excludes halogenated alkanes) is 20. The SMILES string of the molecule is CCCCCCCCCCCCCC(=O)C(C(O)(C(=O)CCCCCCCCCCCCC)P(=O)(O)O)[N+](C)(C)C. The summed E-state index contributed by atoms with van der Waals surface area (Å²) in [5, 5.41) is 8.37. The summed E-state index contributed by atoms with van der Waals surface area (Å²) < 4.78 is 12.4. The average Bonchev–Trinajstić information content (AvgIpc) is 2.88. The maximum absolute atomic E-state index is 13.3. The number of Topliss-reactive ketones (excluding diaryl/α,β-unsaturated/α-hetero) is 2. The lowest BCUT2D eigenvalue weighted by Crippen LogP contribution is -2.65. The Morgan fingerprint density at radius 2 is 0.878 bits per heavy atom. The van der Waals surface area contributed by atoms with Gasteiger partial charge in [-0.2, -0.15) is 0 Å². The summed E-state index contributed by atoms with van der Waals surface area (Å²) in [5.41, 5.74) is 0. The van der Waals surface area contributed by atoms with Gasteiger partial charge in [0.2, 0.25) is 0 Å². The van der Waals surface area contributed by atoms with Crippen molar-refractivity contribution in [1.29, 1.82) is 0 Å². The van der Waals surface area contributed by atoms with E-state index < -0.39 is 30.5 Å². The predicted octanol–water partition coefficient (Wildman–Crippen LogP) is 8.47. The molecule has 2 atom stereocenters. The third kappa shape index (κ3) is 17.3. The van der Waals surface area contributed by atoms with Crippen LogP contribution in [0.4, 0.5) is 0 Å². The van der Waals surface area contributed by atoms with Crippen molar-refractivity contribution in [3.05, 3.63) is 0 Å². The Kier molecular flexibility index (Phi) is 22.6. The molecule has 0 aliphatic carbocycles. The summed E-state index contributed by atoms with van der Waals surface area (Å²) in [4.78, 5) is 47.0. The molecule has 0 spiro atoms. The minimum atomic E-state index is -5.33. The van der Waals surface area contributed by atoms with Crippen molar-refractivity contribution in [1.82, 2.24) is 0 Å². The maximum atomic E-state index is 13.3. The van der Waals surface area contributed by atoms with Crippen molar-refractivity contribution >= 4 is 19.2 Å². The molecule has 8 heteroatoms. The van der Waals surface area contributed by atoms with E-state index in [9.17, 15) is 29.0 Å². The lowest BCUT2D eigenvalue weighted by molar-refractivity contribution is -0.890. The number of quaternary nitrogens is 1. The second-order valence-corrected chi connectivity index (χ2v) is 15.0. The molecule has 0 saturated carbocycles. The second kappa shape index (κ2) is 22.9. The summed E-state index contributed by atoms with van der Waals surface area (Å²) in [6.07, 6.45) is 24.4. The Labute approximate surface area is 253 Å². The first-order valence-electron chi connectivity index (χ1n) is 17.0. The molecule has 0 bridgehead atoms. The van der Waals surface area contributed by atoms with E-state index in [2.05, 4.69) is 13.8 Å². The number of rotatable bonds is 29. The zero-order valence-corrected chi connectivity index (χ0v) is 28.4. The summed E-state index contributed by atoms with van der Waals surface area (Å²) in [6, 6.07) is -1.51. The molecule has 0 heterocycles. The number of hydrogen-bond acceptors (Lipinski definition) is 4. The van der Waals surface area contributed by atoms with Crippen LogP contribution in [0, 0.1) is 0 Å². The van der Waals surface area contributed by atoms with Gasteiger partial charge in [0.25, 0.3) is 5.34 Å². The molecule has 7 nitrogen and oxygen atoms in total. The number of likely N-dealkylation sites (N-methyl/N-ethyl adjacent to an activating group) is 1. The van der Waals surface area contributed by atoms with E-state index in [4.69, 9.17) is 0 Å². The van der Waals surface area contributed by atoms with Crippen molar-refractivity contribution < 1.29 is 33.5 Å². The summed E-state index contributed by atoms with van der Waals surface area (Å²) in [6.45, 7) is 4.43. The van der Waals surface area contributed by atoms with Crippen LogP contribution in [-0.2, 0) is 14.2 Å². The van der Waals surface area contributed by atoms with E-state index in [0.717, 1.165) is 44.9 Å². The quantitative estimate of drug-likeness (QED) is 0.0449. The fourth-order valence-electron chi connectivity index (χ4n) is 5.90. The highest BCUT2D eigenvalue weighted by Gasteiger charge is 2.64. The van der Waals surface area contributed by atoms with Gasteiger partial charge in [-0.3, -0.25) is 14.2 Å². The minimum Gasteiger partial charge on any atom is -0.366 e. The minimum absolute atomic E-state index is 0.102. The second-order valence-electron chi connectivity index (χ2n) is 13.2. The zero-order valence-electron chi connectivity index (χ0n) is 27.5. The summed E-state index contributed by atoms with van der Waals surface area (Å²) in [5.74, 6) is -1.36. The average molecular weight is 605 g/mol. The van der Waals surface area contributed by atoms with Crippen LogP contribution >= 0.6 is 7.60 Å². The highest BCUT2D eigenvalue weighted by Crippen LogP contribution is 2.54. The molecule has 0 fully saturated rings. The van der Waals surface area contributed by atoms with E-state index in [1.807, 2.05) is 0 Å². The van der Waals surface area contributed by atoms with Crippen LogP contribution in [-0.4, -0.2) is 63.5 Å². The molecule has 3 N–H and O–H groups in total. The van der Waals surface area contributed by atoms with Crippen molar-refractivity contribution in [2.45, 2.75) is 179 Å². The van der Waals surface area contributed by atoms with E-state index in [1.54, 1.807) is 21.1 Å². The van der Waals surface area contributed by atoms with Gasteiger partial charge in [-0.15, -0.1) is 0 Å².